The number of rotatable bonds is 6. The second kappa shape index (κ2) is 6.08. The van der Waals surface area contributed by atoms with E-state index in [9.17, 15) is 14.7 Å². The summed E-state index contributed by atoms with van der Waals surface area (Å²) in [6.07, 6.45) is 0.743. The van der Waals surface area contributed by atoms with Crippen LogP contribution in [0.5, 0.6) is 0 Å². The molecule has 0 aliphatic heterocycles. The normalized spacial score (nSPS) is 11.1. The minimum Gasteiger partial charge on any atom is -0.476 e. The van der Waals surface area contributed by atoms with E-state index >= 15 is 0 Å². The van der Waals surface area contributed by atoms with E-state index in [4.69, 9.17) is 4.52 Å². The van der Waals surface area contributed by atoms with E-state index in [1.54, 1.807) is 18.7 Å². The minimum absolute atomic E-state index is 0.0260. The first-order valence-corrected chi connectivity index (χ1v) is 7.39. The molecule has 0 unspecified atom stereocenters. The molecule has 7 nitrogen and oxygen atoms in total. The Hall–Kier alpha value is -1.83. The first-order chi connectivity index (χ1) is 9.56. The zero-order chi connectivity index (χ0) is 14.7. The summed E-state index contributed by atoms with van der Waals surface area (Å²) in [5, 5.41) is 17.0. The lowest BCUT2D eigenvalue weighted by Crippen LogP contribution is -2.26. The van der Waals surface area contributed by atoms with E-state index in [0.717, 1.165) is 22.6 Å². The van der Waals surface area contributed by atoms with Crippen LogP contribution in [0.3, 0.4) is 0 Å². The zero-order valence-corrected chi connectivity index (χ0v) is 12.1. The van der Waals surface area contributed by atoms with Crippen molar-refractivity contribution in [1.82, 2.24) is 14.9 Å². The molecule has 2 heterocycles. The third kappa shape index (κ3) is 2.69. The number of aryl methyl sites for hydroxylation is 2. The van der Waals surface area contributed by atoms with Crippen LogP contribution in [0.15, 0.2) is 9.32 Å². The first kappa shape index (κ1) is 14.6. The number of thioether (sulfide) groups is 1. The highest BCUT2D eigenvalue weighted by Crippen LogP contribution is 2.17. The van der Waals surface area contributed by atoms with Crippen LogP contribution in [-0.4, -0.2) is 37.5 Å². The van der Waals surface area contributed by atoms with Crippen LogP contribution in [0.2, 0.25) is 0 Å². The molecule has 0 aliphatic rings. The van der Waals surface area contributed by atoms with Gasteiger partial charge in [0.1, 0.15) is 5.76 Å². The molecule has 0 amide bonds. The number of carbonyl (C=O) groups is 1. The number of hydrogen-bond donors (Lipinski definition) is 1. The molecule has 20 heavy (non-hydrogen) atoms. The molecule has 0 atom stereocenters. The Kier molecular flexibility index (Phi) is 4.43. The highest BCUT2D eigenvalue weighted by Gasteiger charge is 2.21. The predicted octanol–water partition coefficient (Wildman–Crippen LogP) is 1.53. The Morgan fingerprint density at radius 1 is 1.50 bits per heavy atom. The lowest BCUT2D eigenvalue weighted by Gasteiger charge is -2.05. The second-order valence-electron chi connectivity index (χ2n) is 4.19. The molecule has 108 valence electrons. The molecule has 2 aromatic rings. The molecular weight excluding hydrogens is 282 g/mol. The maximum atomic E-state index is 12.2. The molecule has 0 aromatic carbocycles. The highest BCUT2D eigenvalue weighted by atomic mass is 32.2. The Morgan fingerprint density at radius 3 is 2.90 bits per heavy atom. The number of carboxylic acids is 1. The molecule has 1 N–H and O–H groups in total. The lowest BCUT2D eigenvalue weighted by atomic mass is 10.2. The van der Waals surface area contributed by atoms with Crippen molar-refractivity contribution < 1.29 is 14.4 Å². The Bertz CT molecular complexity index is 692. The van der Waals surface area contributed by atoms with Gasteiger partial charge < -0.3 is 9.63 Å². The smallest absolute Gasteiger partial charge is 0.357 e. The van der Waals surface area contributed by atoms with Gasteiger partial charge in [-0.25, -0.2) is 9.48 Å². The fourth-order valence-corrected chi connectivity index (χ4v) is 2.52. The summed E-state index contributed by atoms with van der Waals surface area (Å²) in [5.41, 5.74) is -0.581. The standard InChI is InChI=1S/C12H15N3O4S/c1-3-20-6-4-5-15-11(16)9-8(7(2)19-14-9)10(13-15)12(17)18/h3-6H2,1-2H3,(H,17,18). The van der Waals surface area contributed by atoms with E-state index in [1.165, 1.54) is 0 Å². The summed E-state index contributed by atoms with van der Waals surface area (Å²) < 4.78 is 6.07. The summed E-state index contributed by atoms with van der Waals surface area (Å²) in [6, 6.07) is 0. The monoisotopic (exact) mass is 297 g/mol. The highest BCUT2D eigenvalue weighted by molar-refractivity contribution is 7.99. The second-order valence-corrected chi connectivity index (χ2v) is 5.59. The maximum Gasteiger partial charge on any atom is 0.357 e. The van der Waals surface area contributed by atoms with E-state index in [0.29, 0.717) is 6.54 Å². The van der Waals surface area contributed by atoms with Gasteiger partial charge in [-0.15, -0.1) is 0 Å². The topological polar surface area (TPSA) is 98.2 Å². The summed E-state index contributed by atoms with van der Waals surface area (Å²) in [4.78, 5) is 23.4. The molecule has 0 saturated heterocycles. The van der Waals surface area contributed by atoms with Crippen LogP contribution in [-0.2, 0) is 6.54 Å². The Labute approximate surface area is 118 Å². The molecule has 0 spiro atoms. The van der Waals surface area contributed by atoms with E-state index in [1.807, 2.05) is 0 Å². The van der Waals surface area contributed by atoms with Gasteiger partial charge in [-0.1, -0.05) is 12.1 Å². The maximum absolute atomic E-state index is 12.2. The largest absolute Gasteiger partial charge is 0.476 e. The molecule has 0 bridgehead atoms. The number of aromatic carboxylic acids is 1. The SMILES string of the molecule is CCSCCCn1nc(C(=O)O)c2c(C)onc2c1=O. The quantitative estimate of drug-likeness (QED) is 0.807. The van der Waals surface area contributed by atoms with Gasteiger partial charge in [-0.2, -0.15) is 16.9 Å². The van der Waals surface area contributed by atoms with Crippen LogP contribution >= 0.6 is 11.8 Å². The van der Waals surface area contributed by atoms with Gasteiger partial charge in [0.15, 0.2) is 11.2 Å². The van der Waals surface area contributed by atoms with Crippen LogP contribution in [0.1, 0.15) is 29.6 Å². The molecule has 2 rings (SSSR count). The van der Waals surface area contributed by atoms with Gasteiger partial charge in [0.2, 0.25) is 0 Å². The van der Waals surface area contributed by atoms with E-state index in [-0.39, 0.29) is 22.4 Å². The summed E-state index contributed by atoms with van der Waals surface area (Å²) in [7, 11) is 0. The van der Waals surface area contributed by atoms with E-state index < -0.39 is 11.5 Å². The van der Waals surface area contributed by atoms with Crippen molar-refractivity contribution in [3.8, 4) is 0 Å². The van der Waals surface area contributed by atoms with Gasteiger partial charge in [-0.05, 0) is 24.9 Å². The van der Waals surface area contributed by atoms with Gasteiger partial charge >= 0.3 is 5.97 Å². The zero-order valence-electron chi connectivity index (χ0n) is 11.3. The fraction of sp³-hybridized carbons (Fsp3) is 0.500. The van der Waals surface area contributed by atoms with Crippen molar-refractivity contribution in [3.63, 3.8) is 0 Å². The minimum atomic E-state index is -1.20. The van der Waals surface area contributed by atoms with Gasteiger partial charge in [0, 0.05) is 6.54 Å². The average molecular weight is 297 g/mol. The predicted molar refractivity (Wildman–Crippen MR) is 75.4 cm³/mol. The summed E-state index contributed by atoms with van der Waals surface area (Å²) in [5.74, 6) is 0.987. The third-order valence-corrected chi connectivity index (χ3v) is 3.81. The van der Waals surface area contributed by atoms with Crippen LogP contribution < -0.4 is 5.56 Å². The molecule has 0 fully saturated rings. The number of nitrogens with zero attached hydrogens (tertiary/aromatic N) is 3. The fourth-order valence-electron chi connectivity index (χ4n) is 1.90. The van der Waals surface area contributed by atoms with Crippen molar-refractivity contribution in [3.05, 3.63) is 21.8 Å². The molecular formula is C12H15N3O4S. The van der Waals surface area contributed by atoms with Crippen molar-refractivity contribution >= 4 is 28.6 Å². The van der Waals surface area contributed by atoms with Crippen LogP contribution in [0.4, 0.5) is 0 Å². The summed E-state index contributed by atoms with van der Waals surface area (Å²) in [6.45, 7) is 3.99. The number of carboxylic acid groups (broad SMARTS) is 1. The average Bonchev–Trinajstić information content (AvgIpc) is 2.79. The molecule has 0 aliphatic carbocycles. The number of hydrogen-bond acceptors (Lipinski definition) is 6. The van der Waals surface area contributed by atoms with E-state index in [2.05, 4.69) is 17.2 Å². The Balaban J connectivity index is 2.43. The van der Waals surface area contributed by atoms with Crippen molar-refractivity contribution in [2.75, 3.05) is 11.5 Å². The van der Waals surface area contributed by atoms with Crippen LogP contribution in [0.25, 0.3) is 10.9 Å². The molecule has 8 heteroatoms. The lowest BCUT2D eigenvalue weighted by molar-refractivity contribution is 0.0689. The third-order valence-electron chi connectivity index (χ3n) is 2.82. The van der Waals surface area contributed by atoms with Crippen molar-refractivity contribution in [2.45, 2.75) is 26.8 Å². The van der Waals surface area contributed by atoms with Gasteiger partial charge in [-0.3, -0.25) is 4.79 Å². The number of aromatic nitrogens is 3. The summed E-state index contributed by atoms with van der Waals surface area (Å²) >= 11 is 1.76. The number of fused-ring (bicyclic) bond motifs is 1. The van der Waals surface area contributed by atoms with Gasteiger partial charge in [0.05, 0.1) is 5.39 Å². The first-order valence-electron chi connectivity index (χ1n) is 6.24. The van der Waals surface area contributed by atoms with Gasteiger partial charge in [0.25, 0.3) is 5.56 Å². The van der Waals surface area contributed by atoms with Crippen LogP contribution in [0, 0.1) is 6.92 Å². The molecule has 0 radical (unpaired) electrons. The molecule has 0 saturated carbocycles. The van der Waals surface area contributed by atoms with Crippen molar-refractivity contribution in [2.24, 2.45) is 0 Å². The molecule has 2 aromatic heterocycles. The van der Waals surface area contributed by atoms with Crippen molar-refractivity contribution in [1.29, 1.82) is 0 Å². The Morgan fingerprint density at radius 2 is 2.25 bits per heavy atom.